The fraction of sp³-hybridized carbons (Fsp3) is 0.0435. The SMILES string of the molecule is Cc1ccc(-c2csc3ncnc(Nc4ccc(S(=O)(=O)Nc5ccc(Cl)nn5)cc4)c23)cc1. The highest BCUT2D eigenvalue weighted by molar-refractivity contribution is 7.92. The molecule has 0 spiro atoms. The molecule has 0 bridgehead atoms. The van der Waals surface area contributed by atoms with E-state index in [1.165, 1.54) is 36.2 Å². The summed E-state index contributed by atoms with van der Waals surface area (Å²) in [6.45, 7) is 2.05. The lowest BCUT2D eigenvalue weighted by Gasteiger charge is -2.10. The minimum atomic E-state index is -3.84. The molecule has 0 saturated heterocycles. The summed E-state index contributed by atoms with van der Waals surface area (Å²) in [6.07, 6.45) is 1.51. The number of hydrogen-bond acceptors (Lipinski definition) is 8. The number of nitrogens with one attached hydrogen (secondary N) is 2. The molecule has 0 fully saturated rings. The standard InChI is InChI=1S/C23H17ClN6O2S2/c1-14-2-4-15(5-3-14)18-12-33-23-21(18)22(25-13-26-23)27-16-6-8-17(9-7-16)34(31,32)30-20-11-10-19(24)28-29-20/h2-13H,1H3,(H,29,30)(H,25,26,27). The van der Waals surface area contributed by atoms with E-state index in [1.54, 1.807) is 23.5 Å². The lowest BCUT2D eigenvalue weighted by atomic mass is 10.0. The smallest absolute Gasteiger partial charge is 0.263 e. The van der Waals surface area contributed by atoms with Crippen molar-refractivity contribution in [3.8, 4) is 11.1 Å². The van der Waals surface area contributed by atoms with Crippen molar-refractivity contribution in [2.75, 3.05) is 10.0 Å². The van der Waals surface area contributed by atoms with Crippen molar-refractivity contribution in [2.45, 2.75) is 11.8 Å². The summed E-state index contributed by atoms with van der Waals surface area (Å²) in [6, 6.07) is 17.5. The maximum atomic E-state index is 12.7. The minimum Gasteiger partial charge on any atom is -0.340 e. The van der Waals surface area contributed by atoms with Gasteiger partial charge in [0.05, 0.1) is 10.3 Å². The Bertz CT molecular complexity index is 1570. The molecule has 0 aliphatic carbocycles. The van der Waals surface area contributed by atoms with Gasteiger partial charge < -0.3 is 5.32 Å². The molecule has 3 heterocycles. The minimum absolute atomic E-state index is 0.0797. The Labute approximate surface area is 204 Å². The molecule has 0 aliphatic rings. The van der Waals surface area contributed by atoms with Crippen LogP contribution in [0.5, 0.6) is 0 Å². The van der Waals surface area contributed by atoms with Gasteiger partial charge in [0.15, 0.2) is 11.0 Å². The van der Waals surface area contributed by atoms with E-state index in [-0.39, 0.29) is 15.9 Å². The molecule has 34 heavy (non-hydrogen) atoms. The van der Waals surface area contributed by atoms with Crippen molar-refractivity contribution in [3.63, 3.8) is 0 Å². The third kappa shape index (κ3) is 4.56. The predicted molar refractivity (Wildman–Crippen MR) is 135 cm³/mol. The van der Waals surface area contributed by atoms with E-state index in [4.69, 9.17) is 11.6 Å². The van der Waals surface area contributed by atoms with Gasteiger partial charge in [-0.2, -0.15) is 0 Å². The first-order valence-electron chi connectivity index (χ1n) is 10.1. The van der Waals surface area contributed by atoms with Crippen LogP contribution in [0.1, 0.15) is 5.56 Å². The molecular weight excluding hydrogens is 492 g/mol. The molecule has 5 rings (SSSR count). The van der Waals surface area contributed by atoms with E-state index in [9.17, 15) is 8.42 Å². The van der Waals surface area contributed by atoms with Crippen molar-refractivity contribution < 1.29 is 8.42 Å². The molecule has 2 aromatic carbocycles. The lowest BCUT2D eigenvalue weighted by Crippen LogP contribution is -2.14. The zero-order valence-corrected chi connectivity index (χ0v) is 20.1. The van der Waals surface area contributed by atoms with Crippen LogP contribution in [0.3, 0.4) is 0 Å². The molecule has 8 nitrogen and oxygen atoms in total. The monoisotopic (exact) mass is 508 g/mol. The van der Waals surface area contributed by atoms with Crippen LogP contribution in [0.25, 0.3) is 21.3 Å². The number of fused-ring (bicyclic) bond motifs is 1. The Morgan fingerprint density at radius 2 is 1.68 bits per heavy atom. The summed E-state index contributed by atoms with van der Waals surface area (Å²) in [5.41, 5.74) is 3.99. The Kier molecular flexibility index (Phi) is 5.86. The number of rotatable bonds is 6. The molecule has 0 unspecified atom stereocenters. The van der Waals surface area contributed by atoms with Gasteiger partial charge in [0, 0.05) is 16.6 Å². The topological polar surface area (TPSA) is 110 Å². The van der Waals surface area contributed by atoms with Gasteiger partial charge in [-0.05, 0) is 48.9 Å². The normalized spacial score (nSPS) is 11.5. The van der Waals surface area contributed by atoms with Gasteiger partial charge in [-0.15, -0.1) is 21.5 Å². The molecular formula is C23H17ClN6O2S2. The molecule has 0 amide bonds. The van der Waals surface area contributed by atoms with E-state index in [1.807, 2.05) is 6.92 Å². The van der Waals surface area contributed by atoms with Crippen molar-refractivity contribution in [1.29, 1.82) is 0 Å². The highest BCUT2D eigenvalue weighted by Crippen LogP contribution is 2.37. The second kappa shape index (κ2) is 8.98. The lowest BCUT2D eigenvalue weighted by molar-refractivity contribution is 0.601. The van der Waals surface area contributed by atoms with Gasteiger partial charge in [-0.3, -0.25) is 4.72 Å². The third-order valence-corrected chi connectivity index (χ3v) is 7.49. The summed E-state index contributed by atoms with van der Waals surface area (Å²) < 4.78 is 27.7. The van der Waals surface area contributed by atoms with E-state index in [0.717, 1.165) is 21.3 Å². The number of anilines is 3. The number of aromatic nitrogens is 4. The zero-order valence-electron chi connectivity index (χ0n) is 17.7. The summed E-state index contributed by atoms with van der Waals surface area (Å²) >= 11 is 7.24. The van der Waals surface area contributed by atoms with Gasteiger partial charge in [0.25, 0.3) is 10.0 Å². The van der Waals surface area contributed by atoms with Gasteiger partial charge in [0.2, 0.25) is 0 Å². The van der Waals surface area contributed by atoms with Gasteiger partial charge >= 0.3 is 0 Å². The van der Waals surface area contributed by atoms with Crippen molar-refractivity contribution >= 4 is 60.5 Å². The van der Waals surface area contributed by atoms with Crippen molar-refractivity contribution in [1.82, 2.24) is 20.2 Å². The second-order valence-corrected chi connectivity index (χ2v) is 10.3. The number of nitrogens with zero attached hydrogens (tertiary/aromatic N) is 4. The Balaban J connectivity index is 1.42. The first-order chi connectivity index (χ1) is 16.4. The van der Waals surface area contributed by atoms with Gasteiger partial charge in [-0.25, -0.2) is 18.4 Å². The summed E-state index contributed by atoms with van der Waals surface area (Å²) in [5, 5.41) is 13.8. The number of halogens is 1. The fourth-order valence-corrected chi connectivity index (χ4v) is 5.35. The summed E-state index contributed by atoms with van der Waals surface area (Å²) in [4.78, 5) is 9.78. The van der Waals surface area contributed by atoms with Crippen LogP contribution in [-0.4, -0.2) is 28.6 Å². The molecule has 2 N–H and O–H groups in total. The molecule has 170 valence electrons. The Morgan fingerprint density at radius 1 is 0.912 bits per heavy atom. The molecule has 11 heteroatoms. The molecule has 0 aliphatic heterocycles. The highest BCUT2D eigenvalue weighted by Gasteiger charge is 2.16. The van der Waals surface area contributed by atoms with E-state index < -0.39 is 10.0 Å². The molecule has 3 aromatic heterocycles. The van der Waals surface area contributed by atoms with Crippen LogP contribution in [0.2, 0.25) is 5.15 Å². The van der Waals surface area contributed by atoms with Crippen LogP contribution < -0.4 is 10.0 Å². The van der Waals surface area contributed by atoms with Crippen LogP contribution in [0.4, 0.5) is 17.3 Å². The third-order valence-electron chi connectivity index (χ3n) is 5.03. The average Bonchev–Trinajstić information content (AvgIpc) is 3.27. The van der Waals surface area contributed by atoms with Crippen LogP contribution in [-0.2, 0) is 10.0 Å². The first kappa shape index (κ1) is 22.2. The van der Waals surface area contributed by atoms with Crippen LogP contribution in [0, 0.1) is 6.92 Å². The number of thiophene rings is 1. The van der Waals surface area contributed by atoms with E-state index in [2.05, 4.69) is 59.8 Å². The maximum Gasteiger partial charge on any atom is 0.263 e. The first-order valence-corrected chi connectivity index (χ1v) is 12.8. The van der Waals surface area contributed by atoms with Gasteiger partial charge in [0.1, 0.15) is 17.0 Å². The van der Waals surface area contributed by atoms with E-state index in [0.29, 0.717) is 11.5 Å². The summed E-state index contributed by atoms with van der Waals surface area (Å²) in [5.74, 6) is 0.725. The number of sulfonamides is 1. The molecule has 0 saturated carbocycles. The van der Waals surface area contributed by atoms with E-state index >= 15 is 0 Å². The average molecular weight is 509 g/mol. The zero-order chi connectivity index (χ0) is 23.7. The molecule has 0 radical (unpaired) electrons. The Hall–Kier alpha value is -3.60. The van der Waals surface area contributed by atoms with Crippen molar-refractivity contribution in [3.05, 3.63) is 83.1 Å². The van der Waals surface area contributed by atoms with Crippen LogP contribution >= 0.6 is 22.9 Å². The fourth-order valence-electron chi connectivity index (χ4n) is 3.34. The van der Waals surface area contributed by atoms with Crippen LogP contribution in [0.15, 0.2) is 77.3 Å². The number of aryl methyl sites for hydroxylation is 1. The largest absolute Gasteiger partial charge is 0.340 e. The second-order valence-electron chi connectivity index (χ2n) is 7.41. The molecule has 0 atom stereocenters. The Morgan fingerprint density at radius 3 is 2.38 bits per heavy atom. The quantitative estimate of drug-likeness (QED) is 0.304. The predicted octanol–water partition coefficient (Wildman–Crippen LogP) is 5.65. The molecule has 5 aromatic rings. The maximum absolute atomic E-state index is 12.7. The number of benzene rings is 2. The highest BCUT2D eigenvalue weighted by atomic mass is 35.5. The van der Waals surface area contributed by atoms with Gasteiger partial charge in [-0.1, -0.05) is 41.4 Å². The number of hydrogen-bond donors (Lipinski definition) is 2. The van der Waals surface area contributed by atoms with Crippen molar-refractivity contribution in [2.24, 2.45) is 0 Å². The summed E-state index contributed by atoms with van der Waals surface area (Å²) in [7, 11) is -3.84.